The van der Waals surface area contributed by atoms with Crippen LogP contribution in [0.4, 0.5) is 5.69 Å². The normalized spacial score (nSPS) is 11.4. The van der Waals surface area contributed by atoms with Crippen LogP contribution in [0.2, 0.25) is 0 Å². The van der Waals surface area contributed by atoms with Gasteiger partial charge in [0.2, 0.25) is 0 Å². The third-order valence-corrected chi connectivity index (χ3v) is 4.95. The molecule has 0 saturated carbocycles. The predicted octanol–water partition coefficient (Wildman–Crippen LogP) is 4.14. The molecule has 0 saturated heterocycles. The summed E-state index contributed by atoms with van der Waals surface area (Å²) in [6.45, 7) is 2.92. The van der Waals surface area contributed by atoms with E-state index in [0.717, 1.165) is 4.90 Å². The van der Waals surface area contributed by atoms with Gasteiger partial charge in [-0.3, -0.25) is 19.2 Å². The summed E-state index contributed by atoms with van der Waals surface area (Å²) >= 11 is 1.58. The van der Waals surface area contributed by atoms with Gasteiger partial charge in [0.15, 0.2) is 17.7 Å². The highest BCUT2D eigenvalue weighted by atomic mass is 32.2. The minimum absolute atomic E-state index is 0.0122. The highest BCUT2D eigenvalue weighted by Crippen LogP contribution is 2.16. The van der Waals surface area contributed by atoms with E-state index in [2.05, 4.69) is 5.32 Å². The standard InChI is InChI=1S/C22H23NO5S/c1-14(24)16-4-8-18(9-5-16)23-22(27)15(2)28-21(26)13-12-20(25)17-6-10-19(29-3)11-7-17/h4-11,15H,12-13H2,1-3H3,(H,23,27). The summed E-state index contributed by atoms with van der Waals surface area (Å²) in [5.74, 6) is -1.33. The van der Waals surface area contributed by atoms with E-state index >= 15 is 0 Å². The Hall–Kier alpha value is -2.93. The van der Waals surface area contributed by atoms with Gasteiger partial charge in [0, 0.05) is 28.1 Å². The summed E-state index contributed by atoms with van der Waals surface area (Å²) in [6, 6.07) is 13.6. The summed E-state index contributed by atoms with van der Waals surface area (Å²) in [5.41, 5.74) is 1.57. The van der Waals surface area contributed by atoms with Gasteiger partial charge < -0.3 is 10.1 Å². The number of carbonyl (C=O) groups excluding carboxylic acids is 4. The molecule has 0 aliphatic rings. The molecule has 29 heavy (non-hydrogen) atoms. The second-order valence-corrected chi connectivity index (χ2v) is 7.29. The Kier molecular flexibility index (Phi) is 8.15. The van der Waals surface area contributed by atoms with E-state index in [9.17, 15) is 19.2 Å². The fraction of sp³-hybridized carbons (Fsp3) is 0.273. The molecule has 1 unspecified atom stereocenters. The minimum atomic E-state index is -1.01. The van der Waals surface area contributed by atoms with Crippen molar-refractivity contribution in [3.05, 3.63) is 59.7 Å². The lowest BCUT2D eigenvalue weighted by Gasteiger charge is -2.13. The molecule has 0 bridgehead atoms. The Bertz CT molecular complexity index is 890. The van der Waals surface area contributed by atoms with Crippen LogP contribution in [0.25, 0.3) is 0 Å². The number of esters is 1. The molecule has 0 aromatic heterocycles. The van der Waals surface area contributed by atoms with Crippen molar-refractivity contribution in [2.24, 2.45) is 0 Å². The zero-order valence-corrected chi connectivity index (χ0v) is 17.4. The van der Waals surface area contributed by atoms with Crippen molar-refractivity contribution in [3.8, 4) is 0 Å². The number of anilines is 1. The van der Waals surface area contributed by atoms with Crippen LogP contribution >= 0.6 is 11.8 Å². The van der Waals surface area contributed by atoms with Crippen LogP contribution in [0.15, 0.2) is 53.4 Å². The molecule has 152 valence electrons. The molecule has 0 aliphatic heterocycles. The Balaban J connectivity index is 1.80. The average Bonchev–Trinajstić information content (AvgIpc) is 2.72. The number of ketones is 2. The highest BCUT2D eigenvalue weighted by Gasteiger charge is 2.19. The van der Waals surface area contributed by atoms with Gasteiger partial charge >= 0.3 is 5.97 Å². The number of thioether (sulfide) groups is 1. The topological polar surface area (TPSA) is 89.5 Å². The van der Waals surface area contributed by atoms with E-state index < -0.39 is 18.0 Å². The lowest BCUT2D eigenvalue weighted by Crippen LogP contribution is -2.30. The molecule has 1 N–H and O–H groups in total. The zero-order chi connectivity index (χ0) is 21.4. The Morgan fingerprint density at radius 3 is 2.07 bits per heavy atom. The van der Waals surface area contributed by atoms with E-state index in [4.69, 9.17) is 4.74 Å². The summed E-state index contributed by atoms with van der Waals surface area (Å²) in [4.78, 5) is 48.6. The van der Waals surface area contributed by atoms with E-state index in [1.165, 1.54) is 13.8 Å². The van der Waals surface area contributed by atoms with Crippen molar-refractivity contribution in [2.75, 3.05) is 11.6 Å². The second-order valence-electron chi connectivity index (χ2n) is 6.41. The van der Waals surface area contributed by atoms with Crippen LogP contribution in [0.3, 0.4) is 0 Å². The number of rotatable bonds is 9. The molecule has 0 fully saturated rings. The number of carbonyl (C=O) groups is 4. The predicted molar refractivity (Wildman–Crippen MR) is 112 cm³/mol. The van der Waals surface area contributed by atoms with Crippen LogP contribution in [0, 0.1) is 0 Å². The van der Waals surface area contributed by atoms with Gasteiger partial charge in [0.1, 0.15) is 0 Å². The fourth-order valence-corrected chi connectivity index (χ4v) is 2.89. The number of benzene rings is 2. The lowest BCUT2D eigenvalue weighted by molar-refractivity contribution is -0.153. The van der Waals surface area contributed by atoms with Crippen molar-refractivity contribution in [1.82, 2.24) is 0 Å². The van der Waals surface area contributed by atoms with E-state index in [1.54, 1.807) is 48.2 Å². The number of ether oxygens (including phenoxy) is 1. The van der Waals surface area contributed by atoms with Crippen LogP contribution in [0.1, 0.15) is 47.4 Å². The molecule has 0 heterocycles. The Morgan fingerprint density at radius 1 is 0.931 bits per heavy atom. The molecular formula is C22H23NO5S. The molecule has 6 nitrogen and oxygen atoms in total. The maximum Gasteiger partial charge on any atom is 0.307 e. The maximum atomic E-state index is 12.2. The molecule has 0 spiro atoms. The van der Waals surface area contributed by atoms with E-state index in [0.29, 0.717) is 16.8 Å². The minimum Gasteiger partial charge on any atom is -0.453 e. The number of Topliss-reactive ketones (excluding diaryl/α,β-unsaturated/α-hetero) is 2. The van der Waals surface area contributed by atoms with Gasteiger partial charge in [-0.25, -0.2) is 0 Å². The van der Waals surface area contributed by atoms with Crippen molar-refractivity contribution in [2.45, 2.75) is 37.7 Å². The van der Waals surface area contributed by atoms with Gasteiger partial charge in [0.05, 0.1) is 6.42 Å². The fourth-order valence-electron chi connectivity index (χ4n) is 2.48. The molecule has 7 heteroatoms. The van der Waals surface area contributed by atoms with Crippen molar-refractivity contribution >= 4 is 40.9 Å². The van der Waals surface area contributed by atoms with Gasteiger partial charge in [-0.05, 0) is 56.5 Å². The van der Waals surface area contributed by atoms with Crippen LogP contribution in [-0.2, 0) is 14.3 Å². The van der Waals surface area contributed by atoms with E-state index in [1.807, 2.05) is 18.4 Å². The maximum absolute atomic E-state index is 12.2. The first-order chi connectivity index (χ1) is 13.8. The molecule has 2 aromatic rings. The largest absolute Gasteiger partial charge is 0.453 e. The number of hydrogen-bond donors (Lipinski definition) is 1. The third-order valence-electron chi connectivity index (χ3n) is 4.20. The number of amides is 1. The average molecular weight is 413 g/mol. The molecule has 0 aliphatic carbocycles. The van der Waals surface area contributed by atoms with Crippen LogP contribution < -0.4 is 5.32 Å². The Labute approximate surface area is 174 Å². The Morgan fingerprint density at radius 2 is 1.52 bits per heavy atom. The van der Waals surface area contributed by atoms with Gasteiger partial charge in [-0.15, -0.1) is 11.8 Å². The van der Waals surface area contributed by atoms with Crippen molar-refractivity contribution in [3.63, 3.8) is 0 Å². The first-order valence-electron chi connectivity index (χ1n) is 9.08. The summed E-state index contributed by atoms with van der Waals surface area (Å²) in [6.07, 6.45) is 0.850. The molecule has 2 rings (SSSR count). The molecule has 1 atom stereocenters. The van der Waals surface area contributed by atoms with Gasteiger partial charge in [0.25, 0.3) is 5.91 Å². The second kappa shape index (κ2) is 10.6. The third kappa shape index (κ3) is 6.87. The first-order valence-corrected chi connectivity index (χ1v) is 10.3. The highest BCUT2D eigenvalue weighted by molar-refractivity contribution is 7.98. The number of nitrogens with one attached hydrogen (secondary N) is 1. The monoisotopic (exact) mass is 413 g/mol. The molecule has 2 aromatic carbocycles. The quantitative estimate of drug-likeness (QED) is 0.377. The lowest BCUT2D eigenvalue weighted by atomic mass is 10.1. The van der Waals surface area contributed by atoms with Crippen LogP contribution in [0.5, 0.6) is 0 Å². The summed E-state index contributed by atoms with van der Waals surface area (Å²) in [7, 11) is 0. The van der Waals surface area contributed by atoms with Crippen molar-refractivity contribution in [1.29, 1.82) is 0 Å². The van der Waals surface area contributed by atoms with E-state index in [-0.39, 0.29) is 24.4 Å². The molecular weight excluding hydrogens is 390 g/mol. The van der Waals surface area contributed by atoms with Gasteiger partial charge in [-0.1, -0.05) is 12.1 Å². The smallest absolute Gasteiger partial charge is 0.307 e. The summed E-state index contributed by atoms with van der Waals surface area (Å²) < 4.78 is 5.11. The SMILES string of the molecule is CSc1ccc(C(=O)CCC(=O)OC(C)C(=O)Nc2ccc(C(C)=O)cc2)cc1. The van der Waals surface area contributed by atoms with Crippen LogP contribution in [-0.4, -0.2) is 35.8 Å². The molecule has 1 amide bonds. The zero-order valence-electron chi connectivity index (χ0n) is 16.6. The molecule has 0 radical (unpaired) electrons. The van der Waals surface area contributed by atoms with Gasteiger partial charge in [-0.2, -0.15) is 0 Å². The number of hydrogen-bond acceptors (Lipinski definition) is 6. The van der Waals surface area contributed by atoms with Crippen molar-refractivity contribution < 1.29 is 23.9 Å². The first kappa shape index (κ1) is 22.4. The summed E-state index contributed by atoms with van der Waals surface area (Å²) in [5, 5.41) is 2.62.